The first-order chi connectivity index (χ1) is 8.42. The summed E-state index contributed by atoms with van der Waals surface area (Å²) in [6.45, 7) is 14.8. The van der Waals surface area contributed by atoms with Crippen LogP contribution in [-0.2, 0) is 9.47 Å². The monoisotopic (exact) mass is 259 g/mol. The van der Waals surface area contributed by atoms with Crippen LogP contribution in [0.5, 0.6) is 0 Å². The second-order valence-corrected chi connectivity index (χ2v) is 6.05. The van der Waals surface area contributed by atoms with Crippen LogP contribution in [0.2, 0.25) is 0 Å². The molecule has 110 valence electrons. The Morgan fingerprint density at radius 3 is 2.22 bits per heavy atom. The summed E-state index contributed by atoms with van der Waals surface area (Å²) < 4.78 is 10.7. The van der Waals surface area contributed by atoms with Gasteiger partial charge in [-0.2, -0.15) is 0 Å². The lowest BCUT2D eigenvalue weighted by molar-refractivity contribution is 0.0650. The van der Waals surface area contributed by atoms with Gasteiger partial charge in [0.1, 0.15) is 0 Å². The normalized spacial score (nSPS) is 15.3. The van der Waals surface area contributed by atoms with Crippen LogP contribution in [0.1, 0.15) is 47.5 Å². The Hall–Kier alpha value is -0.120. The van der Waals surface area contributed by atoms with Crippen molar-refractivity contribution in [1.29, 1.82) is 0 Å². The summed E-state index contributed by atoms with van der Waals surface area (Å²) in [4.78, 5) is 0. The lowest BCUT2D eigenvalue weighted by atomic mass is 9.76. The van der Waals surface area contributed by atoms with Gasteiger partial charge in [0.25, 0.3) is 0 Å². The van der Waals surface area contributed by atoms with E-state index >= 15 is 0 Å². The van der Waals surface area contributed by atoms with E-state index in [0.717, 1.165) is 39.2 Å². The number of rotatable bonds is 11. The molecule has 18 heavy (non-hydrogen) atoms. The molecule has 0 aliphatic rings. The molecule has 0 heterocycles. The smallest absolute Gasteiger partial charge is 0.0487 e. The molecular weight excluding hydrogens is 226 g/mol. The molecule has 3 nitrogen and oxygen atoms in total. The molecule has 0 aromatic heterocycles. The first-order valence-corrected chi connectivity index (χ1v) is 7.22. The topological polar surface area (TPSA) is 30.5 Å². The average molecular weight is 259 g/mol. The van der Waals surface area contributed by atoms with E-state index in [1.54, 1.807) is 7.11 Å². The molecule has 0 amide bonds. The maximum absolute atomic E-state index is 5.68. The molecule has 0 fully saturated rings. The van der Waals surface area contributed by atoms with Gasteiger partial charge in [-0.15, -0.1) is 0 Å². The first kappa shape index (κ1) is 17.9. The Kier molecular flexibility index (Phi) is 9.70. The largest absolute Gasteiger partial charge is 0.385 e. The van der Waals surface area contributed by atoms with E-state index < -0.39 is 0 Å². The fraction of sp³-hybridized carbons (Fsp3) is 1.00. The zero-order valence-corrected chi connectivity index (χ0v) is 13.2. The van der Waals surface area contributed by atoms with Crippen molar-refractivity contribution in [2.24, 2.45) is 11.3 Å². The minimum atomic E-state index is 0.311. The average Bonchev–Trinajstić information content (AvgIpc) is 2.31. The van der Waals surface area contributed by atoms with E-state index in [1.165, 1.54) is 0 Å². The van der Waals surface area contributed by atoms with Crippen molar-refractivity contribution < 1.29 is 9.47 Å². The van der Waals surface area contributed by atoms with Gasteiger partial charge in [-0.1, -0.05) is 34.6 Å². The molecule has 0 radical (unpaired) electrons. The van der Waals surface area contributed by atoms with Gasteiger partial charge in [0.05, 0.1) is 0 Å². The molecule has 0 aliphatic heterocycles. The molecule has 0 rings (SSSR count). The standard InChI is InChI=1S/C15H33NO2/c1-13(2)15(5,12-16-14(3)4)8-11-18-10-7-9-17-6/h13-14,16H,7-12H2,1-6H3. The van der Waals surface area contributed by atoms with Crippen LogP contribution in [0.4, 0.5) is 0 Å². The third-order valence-electron chi connectivity index (χ3n) is 3.76. The summed E-state index contributed by atoms with van der Waals surface area (Å²) in [6.07, 6.45) is 2.09. The highest BCUT2D eigenvalue weighted by Crippen LogP contribution is 2.30. The Morgan fingerprint density at radius 1 is 1.06 bits per heavy atom. The summed E-state index contributed by atoms with van der Waals surface area (Å²) in [5, 5.41) is 3.55. The predicted molar refractivity (Wildman–Crippen MR) is 78.0 cm³/mol. The molecule has 1 atom stereocenters. The first-order valence-electron chi connectivity index (χ1n) is 7.22. The van der Waals surface area contributed by atoms with Crippen LogP contribution in [0, 0.1) is 11.3 Å². The third kappa shape index (κ3) is 8.06. The minimum Gasteiger partial charge on any atom is -0.385 e. The lowest BCUT2D eigenvalue weighted by Gasteiger charge is -2.35. The number of hydrogen-bond donors (Lipinski definition) is 1. The summed E-state index contributed by atoms with van der Waals surface area (Å²) in [5.74, 6) is 0.659. The van der Waals surface area contributed by atoms with E-state index in [0.29, 0.717) is 17.4 Å². The number of nitrogens with one attached hydrogen (secondary N) is 1. The van der Waals surface area contributed by atoms with Gasteiger partial charge in [-0.25, -0.2) is 0 Å². The van der Waals surface area contributed by atoms with Gasteiger partial charge in [0, 0.05) is 39.5 Å². The molecule has 1 N–H and O–H groups in total. The molecule has 0 spiro atoms. The second-order valence-electron chi connectivity index (χ2n) is 6.05. The zero-order valence-electron chi connectivity index (χ0n) is 13.2. The van der Waals surface area contributed by atoms with Crippen LogP contribution < -0.4 is 5.32 Å². The van der Waals surface area contributed by atoms with E-state index in [2.05, 4.69) is 39.9 Å². The Balaban J connectivity index is 3.88. The van der Waals surface area contributed by atoms with Crippen molar-refractivity contribution in [2.75, 3.05) is 33.5 Å². The summed E-state index contributed by atoms with van der Waals surface area (Å²) in [6, 6.07) is 0.547. The molecule has 0 aliphatic carbocycles. The van der Waals surface area contributed by atoms with Crippen LogP contribution in [-0.4, -0.2) is 39.5 Å². The Bertz CT molecular complexity index is 195. The maximum atomic E-state index is 5.68. The van der Waals surface area contributed by atoms with Crippen LogP contribution in [0.25, 0.3) is 0 Å². The maximum Gasteiger partial charge on any atom is 0.0487 e. The van der Waals surface area contributed by atoms with Crippen LogP contribution >= 0.6 is 0 Å². The second kappa shape index (κ2) is 9.76. The number of hydrogen-bond acceptors (Lipinski definition) is 3. The third-order valence-corrected chi connectivity index (χ3v) is 3.76. The number of ether oxygens (including phenoxy) is 2. The van der Waals surface area contributed by atoms with Crippen molar-refractivity contribution >= 4 is 0 Å². The van der Waals surface area contributed by atoms with Gasteiger partial charge in [0.15, 0.2) is 0 Å². The predicted octanol–water partition coefficient (Wildman–Crippen LogP) is 3.09. The van der Waals surface area contributed by atoms with Gasteiger partial charge in [-0.05, 0) is 24.2 Å². The SMILES string of the molecule is COCCCOCCC(C)(CNC(C)C)C(C)C. The molecule has 3 heteroatoms. The molecule has 0 bridgehead atoms. The van der Waals surface area contributed by atoms with Crippen LogP contribution in [0.3, 0.4) is 0 Å². The van der Waals surface area contributed by atoms with Crippen molar-refractivity contribution in [3.8, 4) is 0 Å². The highest BCUT2D eigenvalue weighted by atomic mass is 16.5. The molecule has 0 aromatic rings. The van der Waals surface area contributed by atoms with Gasteiger partial charge < -0.3 is 14.8 Å². The zero-order chi connectivity index (χ0) is 14.0. The van der Waals surface area contributed by atoms with Crippen molar-refractivity contribution in [3.05, 3.63) is 0 Å². The van der Waals surface area contributed by atoms with E-state index in [1.807, 2.05) is 0 Å². The summed E-state index contributed by atoms with van der Waals surface area (Å²) >= 11 is 0. The Labute approximate surface area is 114 Å². The quantitative estimate of drug-likeness (QED) is 0.578. The minimum absolute atomic E-state index is 0.311. The molecular formula is C15H33NO2. The lowest BCUT2D eigenvalue weighted by Crippen LogP contribution is -2.39. The van der Waals surface area contributed by atoms with Crippen molar-refractivity contribution in [1.82, 2.24) is 5.32 Å². The fourth-order valence-electron chi connectivity index (χ4n) is 1.73. The van der Waals surface area contributed by atoms with E-state index in [9.17, 15) is 0 Å². The van der Waals surface area contributed by atoms with E-state index in [4.69, 9.17) is 9.47 Å². The van der Waals surface area contributed by atoms with Gasteiger partial charge >= 0.3 is 0 Å². The summed E-state index contributed by atoms with van der Waals surface area (Å²) in [7, 11) is 1.73. The highest BCUT2D eigenvalue weighted by Gasteiger charge is 2.27. The van der Waals surface area contributed by atoms with Gasteiger partial charge in [0.2, 0.25) is 0 Å². The van der Waals surface area contributed by atoms with Gasteiger partial charge in [-0.3, -0.25) is 0 Å². The molecule has 0 saturated heterocycles. The van der Waals surface area contributed by atoms with Crippen molar-refractivity contribution in [3.63, 3.8) is 0 Å². The fourth-order valence-corrected chi connectivity index (χ4v) is 1.73. The molecule has 0 saturated carbocycles. The number of methoxy groups -OCH3 is 1. The van der Waals surface area contributed by atoms with Crippen LogP contribution in [0.15, 0.2) is 0 Å². The summed E-state index contributed by atoms with van der Waals surface area (Å²) in [5.41, 5.74) is 0.311. The molecule has 1 unspecified atom stereocenters. The van der Waals surface area contributed by atoms with E-state index in [-0.39, 0.29) is 0 Å². The Morgan fingerprint density at radius 2 is 1.72 bits per heavy atom. The van der Waals surface area contributed by atoms with Crippen molar-refractivity contribution in [2.45, 2.75) is 53.5 Å². The highest BCUT2D eigenvalue weighted by molar-refractivity contribution is 4.80. The molecule has 0 aromatic carbocycles.